The molecule has 0 saturated carbocycles. The molecule has 1 aromatic heterocycles. The Labute approximate surface area is 150 Å². The van der Waals surface area contributed by atoms with Crippen molar-refractivity contribution in [3.63, 3.8) is 0 Å². The van der Waals surface area contributed by atoms with Crippen molar-refractivity contribution in [3.8, 4) is 0 Å². The van der Waals surface area contributed by atoms with E-state index in [1.807, 2.05) is 24.7 Å². The molecule has 1 unspecified atom stereocenters. The van der Waals surface area contributed by atoms with E-state index in [0.29, 0.717) is 18.8 Å². The van der Waals surface area contributed by atoms with E-state index in [1.54, 1.807) is 22.3 Å². The number of carbonyl (C=O) groups excluding carboxylic acids is 1. The predicted octanol–water partition coefficient (Wildman–Crippen LogP) is 2.21. The minimum Gasteiger partial charge on any atom is -0.309 e. The molecular formula is C18H21FN4OS. The highest BCUT2D eigenvalue weighted by molar-refractivity contribution is 7.09. The second-order valence-electron chi connectivity index (χ2n) is 6.93. The molecule has 25 heavy (non-hydrogen) atoms. The number of nitrogens with zero attached hydrogens (tertiary/aromatic N) is 4. The minimum absolute atomic E-state index is 0.0251. The van der Waals surface area contributed by atoms with Crippen molar-refractivity contribution in [2.75, 3.05) is 38.1 Å². The average Bonchev–Trinajstić information content (AvgIpc) is 3.22. The van der Waals surface area contributed by atoms with Crippen LogP contribution in [0, 0.1) is 5.82 Å². The van der Waals surface area contributed by atoms with Crippen molar-refractivity contribution < 1.29 is 9.18 Å². The highest BCUT2D eigenvalue weighted by Crippen LogP contribution is 2.34. The molecule has 0 radical (unpaired) electrons. The summed E-state index contributed by atoms with van der Waals surface area (Å²) in [4.78, 5) is 23.2. The monoisotopic (exact) mass is 360 g/mol. The van der Waals surface area contributed by atoms with Crippen molar-refractivity contribution in [2.24, 2.45) is 0 Å². The molecule has 5 nitrogen and oxygen atoms in total. The van der Waals surface area contributed by atoms with Gasteiger partial charge in [0.2, 0.25) is 5.91 Å². The van der Waals surface area contributed by atoms with E-state index in [9.17, 15) is 9.18 Å². The Morgan fingerprint density at radius 2 is 2.24 bits per heavy atom. The number of likely N-dealkylation sites (tertiary alicyclic amines) is 1. The molecule has 1 amide bonds. The van der Waals surface area contributed by atoms with E-state index in [4.69, 9.17) is 0 Å². The third-order valence-electron chi connectivity index (χ3n) is 5.31. The standard InChI is InChI=1S/C18H21FN4OS/c1-21-11-17(24)23(15-4-2-3-14(19)9-15)13-18(21)5-7-22(12-18)10-16-20-6-8-25-16/h2-4,6,8-9H,5,7,10-13H2,1H3. The van der Waals surface area contributed by atoms with Crippen LogP contribution in [0.3, 0.4) is 0 Å². The molecule has 3 heterocycles. The van der Waals surface area contributed by atoms with Crippen LogP contribution in [0.4, 0.5) is 10.1 Å². The number of anilines is 1. The summed E-state index contributed by atoms with van der Waals surface area (Å²) in [6, 6.07) is 6.32. The van der Waals surface area contributed by atoms with Gasteiger partial charge < -0.3 is 4.90 Å². The molecule has 7 heteroatoms. The lowest BCUT2D eigenvalue weighted by molar-refractivity contribution is -0.123. The molecule has 0 N–H and O–H groups in total. The Morgan fingerprint density at radius 1 is 1.36 bits per heavy atom. The first-order chi connectivity index (χ1) is 12.1. The van der Waals surface area contributed by atoms with Gasteiger partial charge in [-0.1, -0.05) is 6.07 Å². The van der Waals surface area contributed by atoms with Gasteiger partial charge in [-0.3, -0.25) is 14.6 Å². The van der Waals surface area contributed by atoms with Gasteiger partial charge in [-0.25, -0.2) is 9.37 Å². The molecule has 4 rings (SSSR count). The first kappa shape index (κ1) is 16.6. The number of likely N-dealkylation sites (N-methyl/N-ethyl adjacent to an activating group) is 1. The number of halogens is 1. The summed E-state index contributed by atoms with van der Waals surface area (Å²) >= 11 is 1.67. The molecule has 2 aliphatic heterocycles. The van der Waals surface area contributed by atoms with Crippen molar-refractivity contribution >= 4 is 22.9 Å². The summed E-state index contributed by atoms with van der Waals surface area (Å²) in [7, 11) is 2.02. The summed E-state index contributed by atoms with van der Waals surface area (Å²) in [5, 5.41) is 3.12. The first-order valence-electron chi connectivity index (χ1n) is 8.44. The van der Waals surface area contributed by atoms with Crippen LogP contribution >= 0.6 is 11.3 Å². The maximum atomic E-state index is 13.6. The van der Waals surface area contributed by atoms with Crippen LogP contribution in [0.15, 0.2) is 35.8 Å². The zero-order valence-corrected chi connectivity index (χ0v) is 15.0. The number of hydrogen-bond donors (Lipinski definition) is 0. The Bertz CT molecular complexity index is 768. The largest absolute Gasteiger partial charge is 0.309 e. The lowest BCUT2D eigenvalue weighted by Gasteiger charge is -2.47. The third-order valence-corrected chi connectivity index (χ3v) is 6.07. The highest BCUT2D eigenvalue weighted by Gasteiger charge is 2.47. The molecule has 1 spiro atoms. The van der Waals surface area contributed by atoms with E-state index < -0.39 is 0 Å². The Hall–Kier alpha value is -1.83. The van der Waals surface area contributed by atoms with Gasteiger partial charge in [0.25, 0.3) is 0 Å². The Kier molecular flexibility index (Phi) is 4.31. The molecule has 132 valence electrons. The second-order valence-corrected chi connectivity index (χ2v) is 7.91. The summed E-state index contributed by atoms with van der Waals surface area (Å²) < 4.78 is 13.6. The Morgan fingerprint density at radius 3 is 3.00 bits per heavy atom. The van der Waals surface area contributed by atoms with E-state index in [1.165, 1.54) is 12.1 Å². The molecule has 2 fully saturated rings. The van der Waals surface area contributed by atoms with E-state index >= 15 is 0 Å². The van der Waals surface area contributed by atoms with Gasteiger partial charge in [0.1, 0.15) is 10.8 Å². The van der Waals surface area contributed by atoms with Crippen LogP contribution in [-0.2, 0) is 11.3 Å². The summed E-state index contributed by atoms with van der Waals surface area (Å²) in [5.41, 5.74) is 0.563. The summed E-state index contributed by atoms with van der Waals surface area (Å²) in [6.07, 6.45) is 2.83. The van der Waals surface area contributed by atoms with Crippen molar-refractivity contribution in [1.82, 2.24) is 14.8 Å². The van der Waals surface area contributed by atoms with E-state index in [0.717, 1.165) is 31.1 Å². The molecular weight excluding hydrogens is 339 g/mol. The van der Waals surface area contributed by atoms with Gasteiger partial charge in [-0.15, -0.1) is 11.3 Å². The maximum absolute atomic E-state index is 13.6. The van der Waals surface area contributed by atoms with Gasteiger partial charge >= 0.3 is 0 Å². The molecule has 1 atom stereocenters. The zero-order valence-electron chi connectivity index (χ0n) is 14.2. The molecule has 0 bridgehead atoms. The van der Waals surface area contributed by atoms with Crippen molar-refractivity contribution in [2.45, 2.75) is 18.5 Å². The van der Waals surface area contributed by atoms with Gasteiger partial charge in [0.05, 0.1) is 18.6 Å². The SMILES string of the molecule is CN1CC(=O)N(c2cccc(F)c2)CC12CCN(Cc1nccs1)C2. The normalized spacial score (nSPS) is 25.2. The lowest BCUT2D eigenvalue weighted by atomic mass is 9.92. The van der Waals surface area contributed by atoms with Crippen LogP contribution in [-0.4, -0.2) is 59.5 Å². The molecule has 2 aromatic rings. The zero-order chi connectivity index (χ0) is 17.4. The first-order valence-corrected chi connectivity index (χ1v) is 9.32. The number of benzene rings is 1. The molecule has 0 aliphatic carbocycles. The highest BCUT2D eigenvalue weighted by atomic mass is 32.1. The topological polar surface area (TPSA) is 39.7 Å². The smallest absolute Gasteiger partial charge is 0.241 e. The van der Waals surface area contributed by atoms with Crippen LogP contribution in [0.1, 0.15) is 11.4 Å². The number of piperazine rings is 1. The fraction of sp³-hybridized carbons (Fsp3) is 0.444. The maximum Gasteiger partial charge on any atom is 0.241 e. The predicted molar refractivity (Wildman–Crippen MR) is 96.1 cm³/mol. The van der Waals surface area contributed by atoms with Crippen LogP contribution < -0.4 is 4.90 Å². The fourth-order valence-corrected chi connectivity index (χ4v) is 4.53. The van der Waals surface area contributed by atoms with Gasteiger partial charge in [0.15, 0.2) is 0 Å². The number of aromatic nitrogens is 1. The number of hydrogen-bond acceptors (Lipinski definition) is 5. The summed E-state index contributed by atoms with van der Waals surface area (Å²) in [5.74, 6) is -0.285. The second kappa shape index (κ2) is 6.48. The number of carbonyl (C=O) groups is 1. The van der Waals surface area contributed by atoms with E-state index in [2.05, 4.69) is 14.8 Å². The molecule has 1 aromatic carbocycles. The third kappa shape index (κ3) is 3.19. The van der Waals surface area contributed by atoms with Crippen molar-refractivity contribution in [3.05, 3.63) is 46.7 Å². The fourth-order valence-electron chi connectivity index (χ4n) is 3.88. The van der Waals surface area contributed by atoms with Gasteiger partial charge in [0, 0.05) is 36.9 Å². The Balaban J connectivity index is 1.54. The average molecular weight is 360 g/mol. The van der Waals surface area contributed by atoms with Crippen LogP contribution in [0.25, 0.3) is 0 Å². The quantitative estimate of drug-likeness (QED) is 0.841. The lowest BCUT2D eigenvalue weighted by Crippen LogP contribution is -2.64. The van der Waals surface area contributed by atoms with Crippen LogP contribution in [0.2, 0.25) is 0 Å². The minimum atomic E-state index is -0.310. The number of amides is 1. The number of rotatable bonds is 3. The van der Waals surface area contributed by atoms with Crippen LogP contribution in [0.5, 0.6) is 0 Å². The van der Waals surface area contributed by atoms with Gasteiger partial charge in [-0.05, 0) is 31.7 Å². The van der Waals surface area contributed by atoms with Crippen molar-refractivity contribution in [1.29, 1.82) is 0 Å². The number of thiazole rings is 1. The van der Waals surface area contributed by atoms with E-state index in [-0.39, 0.29) is 17.3 Å². The summed E-state index contributed by atoms with van der Waals surface area (Å²) in [6.45, 7) is 3.68. The molecule has 2 saturated heterocycles. The van der Waals surface area contributed by atoms with Gasteiger partial charge in [-0.2, -0.15) is 0 Å². The molecule has 2 aliphatic rings.